The molecule has 0 spiro atoms. The maximum absolute atomic E-state index is 13.7. The first-order chi connectivity index (χ1) is 9.95. The summed E-state index contributed by atoms with van der Waals surface area (Å²) in [7, 11) is 1.90. The molecule has 0 aromatic heterocycles. The van der Waals surface area contributed by atoms with E-state index in [1.807, 2.05) is 44.0 Å². The van der Waals surface area contributed by atoms with Gasteiger partial charge in [-0.2, -0.15) is 0 Å². The van der Waals surface area contributed by atoms with E-state index in [9.17, 15) is 4.39 Å². The van der Waals surface area contributed by atoms with Gasteiger partial charge in [0, 0.05) is 42.7 Å². The van der Waals surface area contributed by atoms with E-state index in [0.29, 0.717) is 17.8 Å². The van der Waals surface area contributed by atoms with E-state index in [4.69, 9.17) is 10.5 Å². The van der Waals surface area contributed by atoms with Crippen LogP contribution in [0.1, 0.15) is 19.4 Å². The van der Waals surface area contributed by atoms with Crippen molar-refractivity contribution in [2.24, 2.45) is 0 Å². The Hall–Kier alpha value is -2.23. The molecule has 0 fully saturated rings. The van der Waals surface area contributed by atoms with Gasteiger partial charge in [0.15, 0.2) is 0 Å². The topological polar surface area (TPSA) is 38.5 Å². The second kappa shape index (κ2) is 6.48. The van der Waals surface area contributed by atoms with Gasteiger partial charge in [-0.05, 0) is 26.0 Å². The molecule has 2 rings (SSSR count). The lowest BCUT2D eigenvalue weighted by Gasteiger charge is -2.21. The standard InChI is InChI=1S/C17H21FN2O/c1-12(2)21-16-9-14(19)8-15(10-16)20(3)11-13-6-4-5-7-17(13)18/h4-10,12H,11,19H2,1-3H3. The number of hydrogen-bond donors (Lipinski definition) is 1. The number of benzene rings is 2. The van der Waals surface area contributed by atoms with Gasteiger partial charge in [0.2, 0.25) is 0 Å². The Kier molecular flexibility index (Phi) is 4.68. The Morgan fingerprint density at radius 1 is 1.19 bits per heavy atom. The van der Waals surface area contributed by atoms with E-state index < -0.39 is 0 Å². The number of rotatable bonds is 5. The summed E-state index contributed by atoms with van der Waals surface area (Å²) in [6.07, 6.45) is 0.0801. The Morgan fingerprint density at radius 2 is 1.90 bits per heavy atom. The summed E-state index contributed by atoms with van der Waals surface area (Å²) in [4.78, 5) is 1.95. The first-order valence-corrected chi connectivity index (χ1v) is 6.97. The molecule has 21 heavy (non-hydrogen) atoms. The maximum atomic E-state index is 13.7. The number of ether oxygens (including phenoxy) is 1. The summed E-state index contributed by atoms with van der Waals surface area (Å²) in [6.45, 7) is 4.40. The van der Waals surface area contributed by atoms with Crippen LogP contribution in [-0.4, -0.2) is 13.2 Å². The van der Waals surface area contributed by atoms with E-state index in [1.54, 1.807) is 18.2 Å². The molecule has 2 N–H and O–H groups in total. The third-order valence-corrected chi connectivity index (χ3v) is 3.09. The van der Waals surface area contributed by atoms with Crippen molar-refractivity contribution in [3.63, 3.8) is 0 Å². The van der Waals surface area contributed by atoms with Crippen molar-refractivity contribution in [1.29, 1.82) is 0 Å². The Labute approximate surface area is 125 Å². The van der Waals surface area contributed by atoms with E-state index in [0.717, 1.165) is 11.4 Å². The van der Waals surface area contributed by atoms with E-state index in [1.165, 1.54) is 6.07 Å². The first-order valence-electron chi connectivity index (χ1n) is 6.97. The Morgan fingerprint density at radius 3 is 2.57 bits per heavy atom. The highest BCUT2D eigenvalue weighted by Crippen LogP contribution is 2.27. The zero-order chi connectivity index (χ0) is 15.4. The van der Waals surface area contributed by atoms with Gasteiger partial charge >= 0.3 is 0 Å². The molecular weight excluding hydrogens is 267 g/mol. The van der Waals surface area contributed by atoms with Crippen LogP contribution in [-0.2, 0) is 6.54 Å². The molecule has 0 atom stereocenters. The minimum absolute atomic E-state index is 0.0801. The summed E-state index contributed by atoms with van der Waals surface area (Å²) in [5.74, 6) is 0.521. The summed E-state index contributed by atoms with van der Waals surface area (Å²) < 4.78 is 19.4. The third-order valence-electron chi connectivity index (χ3n) is 3.09. The van der Waals surface area contributed by atoms with Crippen LogP contribution >= 0.6 is 0 Å². The molecule has 0 saturated heterocycles. The van der Waals surface area contributed by atoms with Crippen molar-refractivity contribution < 1.29 is 9.13 Å². The molecule has 0 aliphatic rings. The van der Waals surface area contributed by atoms with E-state index in [-0.39, 0.29) is 11.9 Å². The monoisotopic (exact) mass is 288 g/mol. The maximum Gasteiger partial charge on any atom is 0.128 e. The normalized spacial score (nSPS) is 10.7. The fraction of sp³-hybridized carbons (Fsp3) is 0.294. The van der Waals surface area contributed by atoms with Gasteiger partial charge in [0.05, 0.1) is 6.10 Å². The van der Waals surface area contributed by atoms with Gasteiger partial charge in [0.1, 0.15) is 11.6 Å². The minimum Gasteiger partial charge on any atom is -0.491 e. The summed E-state index contributed by atoms with van der Waals surface area (Å²) in [5, 5.41) is 0. The highest BCUT2D eigenvalue weighted by molar-refractivity contribution is 5.60. The molecule has 0 heterocycles. The lowest BCUT2D eigenvalue weighted by atomic mass is 10.2. The van der Waals surface area contributed by atoms with Crippen molar-refractivity contribution in [3.05, 3.63) is 53.8 Å². The van der Waals surface area contributed by atoms with Crippen LogP contribution in [0.25, 0.3) is 0 Å². The number of anilines is 2. The lowest BCUT2D eigenvalue weighted by molar-refractivity contribution is 0.242. The fourth-order valence-corrected chi connectivity index (χ4v) is 2.14. The lowest BCUT2D eigenvalue weighted by Crippen LogP contribution is -2.17. The predicted octanol–water partition coefficient (Wildman–Crippen LogP) is 3.83. The van der Waals surface area contributed by atoms with Crippen molar-refractivity contribution in [2.75, 3.05) is 17.7 Å². The highest BCUT2D eigenvalue weighted by Gasteiger charge is 2.09. The molecule has 4 heteroatoms. The smallest absolute Gasteiger partial charge is 0.128 e. The largest absolute Gasteiger partial charge is 0.491 e. The number of nitrogen functional groups attached to an aromatic ring is 1. The molecule has 0 aliphatic carbocycles. The number of halogens is 1. The molecule has 0 saturated carbocycles. The molecule has 0 bridgehead atoms. The average molecular weight is 288 g/mol. The molecule has 0 radical (unpaired) electrons. The Balaban J connectivity index is 2.20. The van der Waals surface area contributed by atoms with Crippen LogP contribution in [0.3, 0.4) is 0 Å². The van der Waals surface area contributed by atoms with Crippen molar-refractivity contribution >= 4 is 11.4 Å². The van der Waals surface area contributed by atoms with Gasteiger partial charge in [0.25, 0.3) is 0 Å². The number of nitrogens with two attached hydrogens (primary N) is 1. The minimum atomic E-state index is -0.202. The molecule has 2 aromatic rings. The van der Waals surface area contributed by atoms with Crippen molar-refractivity contribution in [3.8, 4) is 5.75 Å². The zero-order valence-electron chi connectivity index (χ0n) is 12.6. The third kappa shape index (κ3) is 4.12. The number of hydrogen-bond acceptors (Lipinski definition) is 3. The quantitative estimate of drug-likeness (QED) is 0.850. The average Bonchev–Trinajstić information content (AvgIpc) is 2.40. The first kappa shape index (κ1) is 15.2. The summed E-state index contributed by atoms with van der Waals surface area (Å²) >= 11 is 0. The molecule has 2 aromatic carbocycles. The van der Waals surface area contributed by atoms with Crippen molar-refractivity contribution in [1.82, 2.24) is 0 Å². The van der Waals surface area contributed by atoms with E-state index in [2.05, 4.69) is 0 Å². The predicted molar refractivity (Wildman–Crippen MR) is 85.1 cm³/mol. The van der Waals surface area contributed by atoms with Gasteiger partial charge < -0.3 is 15.4 Å². The van der Waals surface area contributed by atoms with Gasteiger partial charge in [-0.15, -0.1) is 0 Å². The summed E-state index contributed by atoms with van der Waals surface area (Å²) in [5.41, 5.74) is 8.09. The van der Waals surface area contributed by atoms with Crippen LogP contribution in [0, 0.1) is 5.82 Å². The molecule has 0 unspecified atom stereocenters. The SMILES string of the molecule is CC(C)Oc1cc(N)cc(N(C)Cc2ccccc2F)c1. The molecule has 0 amide bonds. The molecule has 0 aliphatic heterocycles. The van der Waals surface area contributed by atoms with Crippen LogP contribution < -0.4 is 15.4 Å². The Bertz CT molecular complexity index is 613. The van der Waals surface area contributed by atoms with Crippen LogP contribution in [0.2, 0.25) is 0 Å². The fourth-order valence-electron chi connectivity index (χ4n) is 2.14. The molecule has 112 valence electrons. The highest BCUT2D eigenvalue weighted by atomic mass is 19.1. The van der Waals surface area contributed by atoms with Crippen molar-refractivity contribution in [2.45, 2.75) is 26.5 Å². The van der Waals surface area contributed by atoms with Gasteiger partial charge in [-0.25, -0.2) is 4.39 Å². The second-order valence-electron chi connectivity index (χ2n) is 5.37. The summed E-state index contributed by atoms with van der Waals surface area (Å²) in [6, 6.07) is 12.3. The van der Waals surface area contributed by atoms with Gasteiger partial charge in [-0.1, -0.05) is 18.2 Å². The second-order valence-corrected chi connectivity index (χ2v) is 5.37. The van der Waals surface area contributed by atoms with Gasteiger partial charge in [-0.3, -0.25) is 0 Å². The van der Waals surface area contributed by atoms with E-state index >= 15 is 0 Å². The zero-order valence-corrected chi connectivity index (χ0v) is 12.6. The van der Waals surface area contributed by atoms with Crippen LogP contribution in [0.5, 0.6) is 5.75 Å². The molecular formula is C17H21FN2O. The molecule has 3 nitrogen and oxygen atoms in total. The van der Waals surface area contributed by atoms with Crippen LogP contribution in [0.4, 0.5) is 15.8 Å². The van der Waals surface area contributed by atoms with Crippen LogP contribution in [0.15, 0.2) is 42.5 Å². The number of nitrogens with zero attached hydrogens (tertiary/aromatic N) is 1.